The number of halogens is 1. The van der Waals surface area contributed by atoms with Gasteiger partial charge in [0.2, 0.25) is 0 Å². The van der Waals surface area contributed by atoms with Crippen molar-refractivity contribution in [3.05, 3.63) is 0 Å². The Kier molecular flexibility index (Phi) is 24.5. The summed E-state index contributed by atoms with van der Waals surface area (Å²) < 4.78 is 29.0. The highest BCUT2D eigenvalue weighted by Gasteiger charge is 2.51. The Balaban J connectivity index is 0.000000445. The summed E-state index contributed by atoms with van der Waals surface area (Å²) in [4.78, 5) is 93.4. The molecule has 19 heteroatoms. The Morgan fingerprint density at radius 1 is 0.536 bits per heavy atom. The molecule has 3 aliphatic carbocycles. The smallest absolute Gasteiger partial charge is 0.480 e. The Bertz CT molecular complexity index is 1640. The summed E-state index contributed by atoms with van der Waals surface area (Å²) in [6, 6.07) is 0.147. The highest BCUT2D eigenvalue weighted by atomic mass is 35.5. The zero-order chi connectivity index (χ0) is 52.1. The minimum Gasteiger partial charge on any atom is -0.480 e. The number of carbonyl (C=O) groups excluding carboxylic acids is 7. The second-order valence-electron chi connectivity index (χ2n) is 22.6. The molecular weight excluding hydrogens is 918 g/mol. The van der Waals surface area contributed by atoms with Crippen molar-refractivity contribution < 1.29 is 71.9 Å². The number of aliphatic carboxylic acids is 1. The minimum absolute atomic E-state index is 0. The monoisotopic (exact) mass is 1000 g/mol. The molecule has 0 unspecified atom stereocenters. The van der Waals surface area contributed by atoms with Gasteiger partial charge in [-0.15, -0.1) is 12.4 Å². The topological polar surface area (TPSA) is 231 Å². The number of nitrogens with zero attached hydrogens (tertiary/aromatic N) is 2. The number of ketones is 2. The molecule has 398 valence electrons. The number of ether oxygens (including phenoxy) is 6. The van der Waals surface area contributed by atoms with Crippen LogP contribution in [0.5, 0.6) is 0 Å². The number of likely N-dealkylation sites (tertiary alicyclic amines) is 2. The predicted octanol–water partition coefficient (Wildman–Crippen LogP) is 9.97. The summed E-state index contributed by atoms with van der Waals surface area (Å²) in [5.41, 5.74) is -2.48. The van der Waals surface area contributed by atoms with Crippen LogP contribution in [0, 0.1) is 17.8 Å². The van der Waals surface area contributed by atoms with Crippen LogP contribution in [0.15, 0.2) is 0 Å². The van der Waals surface area contributed by atoms with Gasteiger partial charge in [-0.2, -0.15) is 0 Å². The van der Waals surface area contributed by atoms with Crippen LogP contribution >= 0.6 is 12.4 Å². The summed E-state index contributed by atoms with van der Waals surface area (Å²) in [7, 11) is 0. The third kappa shape index (κ3) is 22.2. The molecular formula is C50H86ClN3O15. The van der Waals surface area contributed by atoms with E-state index >= 15 is 0 Å². The number of Topliss-reactive ketones (excluding diaryl/α,β-unsaturated/α-hetero) is 2. The highest BCUT2D eigenvalue weighted by Crippen LogP contribution is 2.43. The van der Waals surface area contributed by atoms with Gasteiger partial charge in [-0.25, -0.2) is 24.0 Å². The average molecular weight is 1000 g/mol. The molecule has 18 nitrogen and oxygen atoms in total. The molecule has 69 heavy (non-hydrogen) atoms. The van der Waals surface area contributed by atoms with Crippen molar-refractivity contribution in [3.8, 4) is 0 Å². The number of hydrogen-bond donors (Lipinski definition) is 2. The SMILES string of the molecule is CC(=O)[C@@H]1C[C@@H]2CCC[C@@H]2N1.CC(=O)[C@@H]1C[C@@H]2CCC[C@@H]2N1C(=O)OC(C)(C)C.CC(C)(C)OC(=O)N1[C@H](C(=O)O)C[C@@H]2CCC[C@@H]21.CC(C)(C)OC(=O)OC(=O)OC(C)(C)C.CCOC(C)=O.Cl. The van der Waals surface area contributed by atoms with Crippen LogP contribution in [0.4, 0.5) is 19.2 Å². The molecule has 6 fully saturated rings. The van der Waals surface area contributed by atoms with Crippen LogP contribution in [-0.2, 0) is 47.6 Å². The van der Waals surface area contributed by atoms with Gasteiger partial charge in [-0.05, 0) is 179 Å². The van der Waals surface area contributed by atoms with Crippen LogP contribution in [0.1, 0.15) is 188 Å². The van der Waals surface area contributed by atoms with Crippen LogP contribution in [-0.4, -0.2) is 128 Å². The molecule has 9 atom stereocenters. The highest BCUT2D eigenvalue weighted by molar-refractivity contribution is 5.86. The molecule has 0 aromatic carbocycles. The van der Waals surface area contributed by atoms with Gasteiger partial charge in [0.25, 0.3) is 0 Å². The second-order valence-corrected chi connectivity index (χ2v) is 22.6. The third-order valence-electron chi connectivity index (χ3n) is 12.0. The number of hydrogen-bond acceptors (Lipinski definition) is 15. The fraction of sp³-hybridized carbons (Fsp3) is 0.840. The lowest BCUT2D eigenvalue weighted by atomic mass is 10.0. The van der Waals surface area contributed by atoms with Gasteiger partial charge in [0.05, 0.1) is 18.7 Å². The second kappa shape index (κ2) is 26.9. The number of amides is 2. The van der Waals surface area contributed by atoms with Gasteiger partial charge in [-0.3, -0.25) is 24.2 Å². The van der Waals surface area contributed by atoms with E-state index in [1.54, 1.807) is 88.0 Å². The number of carboxylic acid groups (broad SMARTS) is 1. The van der Waals surface area contributed by atoms with Crippen LogP contribution < -0.4 is 5.32 Å². The summed E-state index contributed by atoms with van der Waals surface area (Å²) in [6.07, 6.45) is 9.82. The molecule has 0 spiro atoms. The van der Waals surface area contributed by atoms with Crippen LogP contribution in [0.25, 0.3) is 0 Å². The van der Waals surface area contributed by atoms with Gasteiger partial charge < -0.3 is 38.8 Å². The number of fused-ring (bicyclic) bond motifs is 3. The largest absolute Gasteiger partial charge is 0.519 e. The molecule has 2 amide bonds. The lowest BCUT2D eigenvalue weighted by Crippen LogP contribution is -2.47. The number of rotatable bonds is 4. The van der Waals surface area contributed by atoms with Crippen molar-refractivity contribution in [2.24, 2.45) is 17.8 Å². The first-order valence-electron chi connectivity index (χ1n) is 24.4. The van der Waals surface area contributed by atoms with E-state index in [2.05, 4.69) is 14.8 Å². The summed E-state index contributed by atoms with van der Waals surface area (Å²) in [5, 5.41) is 12.6. The van der Waals surface area contributed by atoms with Gasteiger partial charge in [0, 0.05) is 25.0 Å². The zero-order valence-electron chi connectivity index (χ0n) is 44.4. The van der Waals surface area contributed by atoms with E-state index in [0.717, 1.165) is 57.3 Å². The third-order valence-corrected chi connectivity index (χ3v) is 12.0. The first-order chi connectivity index (χ1) is 31.1. The molecule has 3 saturated carbocycles. The molecule has 6 aliphatic rings. The molecule has 3 saturated heterocycles. The van der Waals surface area contributed by atoms with Crippen molar-refractivity contribution in [1.82, 2.24) is 15.1 Å². The average Bonchev–Trinajstić information content (AvgIpc) is 3.98. The maximum atomic E-state index is 12.3. The van der Waals surface area contributed by atoms with E-state index in [9.17, 15) is 43.5 Å². The fourth-order valence-corrected chi connectivity index (χ4v) is 9.58. The van der Waals surface area contributed by atoms with Crippen molar-refractivity contribution in [2.75, 3.05) is 6.61 Å². The molecule has 0 radical (unpaired) electrons. The molecule has 0 aromatic rings. The first kappa shape index (κ1) is 62.8. The number of esters is 1. The lowest BCUT2D eigenvalue weighted by molar-refractivity contribution is -0.142. The Morgan fingerprint density at radius 2 is 0.928 bits per heavy atom. The van der Waals surface area contributed by atoms with E-state index in [4.69, 9.17) is 18.9 Å². The molecule has 2 N–H and O–H groups in total. The van der Waals surface area contributed by atoms with Crippen molar-refractivity contribution >= 4 is 60.4 Å². The Labute approximate surface area is 417 Å². The van der Waals surface area contributed by atoms with E-state index in [0.29, 0.717) is 36.7 Å². The first-order valence-corrected chi connectivity index (χ1v) is 24.4. The number of carbonyl (C=O) groups is 8. The van der Waals surface area contributed by atoms with E-state index in [1.807, 2.05) is 20.8 Å². The van der Waals surface area contributed by atoms with E-state index in [-0.39, 0.29) is 54.4 Å². The molecule has 0 aromatic heterocycles. The molecule has 3 heterocycles. The maximum Gasteiger partial charge on any atom is 0.519 e. The Hall–Kier alpha value is -4.19. The van der Waals surface area contributed by atoms with E-state index in [1.165, 1.54) is 31.1 Å². The maximum absolute atomic E-state index is 12.3. The Morgan fingerprint density at radius 3 is 1.26 bits per heavy atom. The fourth-order valence-electron chi connectivity index (χ4n) is 9.58. The van der Waals surface area contributed by atoms with E-state index < -0.39 is 52.8 Å². The zero-order valence-corrected chi connectivity index (χ0v) is 45.2. The van der Waals surface area contributed by atoms with Gasteiger partial charge in [-0.1, -0.05) is 19.3 Å². The van der Waals surface area contributed by atoms with Crippen molar-refractivity contribution in [3.63, 3.8) is 0 Å². The van der Waals surface area contributed by atoms with Gasteiger partial charge >= 0.3 is 36.4 Å². The summed E-state index contributed by atoms with van der Waals surface area (Å²) in [5.74, 6) is 0.899. The number of nitrogens with one attached hydrogen (secondary N) is 1. The summed E-state index contributed by atoms with van der Waals surface area (Å²) >= 11 is 0. The van der Waals surface area contributed by atoms with Crippen LogP contribution in [0.2, 0.25) is 0 Å². The molecule has 0 bridgehead atoms. The normalized spacial score (nSPS) is 26.3. The molecule has 3 aliphatic heterocycles. The van der Waals surface area contributed by atoms with Crippen molar-refractivity contribution in [2.45, 2.75) is 246 Å². The predicted molar refractivity (Wildman–Crippen MR) is 260 cm³/mol. The summed E-state index contributed by atoms with van der Waals surface area (Å²) in [6.45, 7) is 27.9. The van der Waals surface area contributed by atoms with Crippen molar-refractivity contribution in [1.29, 1.82) is 0 Å². The minimum atomic E-state index is -1.06. The lowest BCUT2D eigenvalue weighted by Gasteiger charge is -2.31. The quantitative estimate of drug-likeness (QED) is 0.152. The standard InChI is InChI=1S/C14H23NO3.C13H21NO4.C10H18O5.C9H15NO.C4H8O2.ClH/c1-9(16)12-8-10-6-5-7-11(10)15(12)13(17)18-14(2,3)4;1-13(2,3)18-12(17)14-9-6-4-5-8(9)7-10(14)11(15)16;1-9(2,3)14-7(11)13-8(12)15-10(4,5)6;1-6(11)9-5-7-3-2-4-8(7)10-9;1-3-6-4(2)5;/h10-12H,5-8H2,1-4H3;8-10H,4-7H2,1-3H3,(H,15,16);1-6H3;7-10H,2-5H2,1H3;3H2,1-2H3;1H/t10-,11-,12-;8-,9-,10-;;7-,8-,9-;;/m00.0../s1. The molecule has 6 rings (SSSR count). The van der Waals surface area contributed by atoms with Gasteiger partial charge in [0.15, 0.2) is 5.78 Å². The number of carboxylic acids is 1. The van der Waals surface area contributed by atoms with Gasteiger partial charge in [0.1, 0.15) is 34.2 Å². The van der Waals surface area contributed by atoms with Crippen LogP contribution in [0.3, 0.4) is 0 Å².